The van der Waals surface area contributed by atoms with E-state index in [1.165, 1.54) is 18.7 Å². The zero-order chi connectivity index (χ0) is 28.0. The second-order valence-electron chi connectivity index (χ2n) is 10.6. The lowest BCUT2D eigenvalue weighted by atomic mass is 9.75. The molecule has 0 amide bonds. The van der Waals surface area contributed by atoms with Gasteiger partial charge in [-0.05, 0) is 75.9 Å². The lowest BCUT2D eigenvalue weighted by Gasteiger charge is -2.29. The van der Waals surface area contributed by atoms with E-state index in [2.05, 4.69) is 20.4 Å². The summed E-state index contributed by atoms with van der Waals surface area (Å²) < 4.78 is 26.3. The zero-order valence-corrected chi connectivity index (χ0v) is 22.7. The number of hydrogen-bond acceptors (Lipinski definition) is 8. The summed E-state index contributed by atoms with van der Waals surface area (Å²) in [5.74, 6) is 0.0387. The van der Waals surface area contributed by atoms with Crippen molar-refractivity contribution in [2.75, 3.05) is 23.3 Å². The molecule has 4 heterocycles. The summed E-state index contributed by atoms with van der Waals surface area (Å²) in [6.07, 6.45) is 6.34. The third kappa shape index (κ3) is 4.62. The van der Waals surface area contributed by atoms with Crippen molar-refractivity contribution in [2.45, 2.75) is 46.1 Å². The molecule has 1 atom stereocenters. The topological polar surface area (TPSA) is 100 Å². The van der Waals surface area contributed by atoms with Crippen LogP contribution in [0.5, 0.6) is 0 Å². The van der Waals surface area contributed by atoms with Crippen LogP contribution in [-0.2, 0) is 4.76 Å². The molecule has 2 aromatic heterocycles. The van der Waals surface area contributed by atoms with Gasteiger partial charge in [-0.1, -0.05) is 6.07 Å². The molecule has 0 unspecified atom stereocenters. The standard InChI is InChI=1S/C30H30BFN4O4/c1-17-12-22(29-23(13-17)28(37)18(2)30(39-29)36-10-5-4-6-11-36)19(3)35-25-8-7-9-33-27(25)20-14-21-16-34-40-31(38)26(21)24(32)15-20/h7-9,12-16,19,35,38H,4-6,10-11H2,1-3H3/t19-/m1/s1. The van der Waals surface area contributed by atoms with Gasteiger partial charge in [-0.15, -0.1) is 5.16 Å². The van der Waals surface area contributed by atoms with Crippen molar-refractivity contribution in [3.8, 4) is 11.3 Å². The van der Waals surface area contributed by atoms with Crippen molar-refractivity contribution >= 4 is 41.3 Å². The molecule has 0 bridgehead atoms. The van der Waals surface area contributed by atoms with Gasteiger partial charge in [-0.3, -0.25) is 9.78 Å². The van der Waals surface area contributed by atoms with E-state index in [0.29, 0.717) is 44.9 Å². The van der Waals surface area contributed by atoms with Gasteiger partial charge in [0.2, 0.25) is 5.88 Å². The minimum Gasteiger partial charge on any atom is -0.440 e. The maximum atomic E-state index is 15.0. The Bertz CT molecular complexity index is 1700. The van der Waals surface area contributed by atoms with E-state index in [4.69, 9.17) is 9.17 Å². The summed E-state index contributed by atoms with van der Waals surface area (Å²) in [6, 6.07) is 10.4. The predicted octanol–water partition coefficient (Wildman–Crippen LogP) is 4.83. The largest absolute Gasteiger partial charge is 0.586 e. The van der Waals surface area contributed by atoms with Crippen LogP contribution >= 0.6 is 0 Å². The first-order valence-electron chi connectivity index (χ1n) is 13.6. The summed E-state index contributed by atoms with van der Waals surface area (Å²) >= 11 is 0. The predicted molar refractivity (Wildman–Crippen MR) is 156 cm³/mol. The van der Waals surface area contributed by atoms with Gasteiger partial charge < -0.3 is 24.4 Å². The molecule has 2 aliphatic rings. The molecular formula is C30H30BFN4O4. The smallest absolute Gasteiger partial charge is 0.440 e. The molecule has 0 aliphatic carbocycles. The number of benzene rings is 2. The van der Waals surface area contributed by atoms with E-state index in [9.17, 15) is 9.82 Å². The van der Waals surface area contributed by atoms with E-state index >= 15 is 4.39 Å². The Balaban J connectivity index is 1.41. The SMILES string of the molecule is Cc1cc([C@@H](C)Nc2cccnc2-c2cc(F)c3c(c2)C=NOB3O)c2oc(N3CCCCC3)c(C)c(=O)c2c1. The highest BCUT2D eigenvalue weighted by Crippen LogP contribution is 2.34. The second-order valence-corrected chi connectivity index (χ2v) is 10.6. The number of halogens is 1. The van der Waals surface area contributed by atoms with E-state index in [1.807, 2.05) is 39.0 Å². The number of rotatable bonds is 5. The molecule has 0 spiro atoms. The lowest BCUT2D eigenvalue weighted by molar-refractivity contribution is 0.285. The third-order valence-corrected chi connectivity index (χ3v) is 7.69. The van der Waals surface area contributed by atoms with Crippen LogP contribution in [0.3, 0.4) is 0 Å². The van der Waals surface area contributed by atoms with Crippen molar-refractivity contribution in [1.29, 1.82) is 0 Å². The van der Waals surface area contributed by atoms with Gasteiger partial charge in [0.05, 0.1) is 34.6 Å². The van der Waals surface area contributed by atoms with E-state index in [-0.39, 0.29) is 16.9 Å². The van der Waals surface area contributed by atoms with Crippen molar-refractivity contribution in [1.82, 2.24) is 4.98 Å². The van der Waals surface area contributed by atoms with Crippen LogP contribution in [0.4, 0.5) is 16.0 Å². The van der Waals surface area contributed by atoms with Gasteiger partial charge >= 0.3 is 7.12 Å². The van der Waals surface area contributed by atoms with E-state index < -0.39 is 12.9 Å². The van der Waals surface area contributed by atoms with E-state index in [0.717, 1.165) is 37.1 Å². The molecule has 2 aliphatic heterocycles. The first-order valence-corrected chi connectivity index (χ1v) is 13.6. The van der Waals surface area contributed by atoms with Crippen LogP contribution in [-0.4, -0.2) is 36.4 Å². The molecular weight excluding hydrogens is 510 g/mol. The molecule has 6 rings (SSSR count). The van der Waals surface area contributed by atoms with Crippen LogP contribution in [0.2, 0.25) is 0 Å². The highest BCUT2D eigenvalue weighted by atomic mass is 19.1. The number of nitrogens with one attached hydrogen (secondary N) is 1. The number of piperidine rings is 1. The summed E-state index contributed by atoms with van der Waals surface area (Å²) in [6.45, 7) is 7.55. The Morgan fingerprint density at radius 2 is 1.95 bits per heavy atom. The lowest BCUT2D eigenvalue weighted by Crippen LogP contribution is -2.40. The molecule has 1 saturated heterocycles. The van der Waals surface area contributed by atoms with Crippen molar-refractivity contribution in [2.24, 2.45) is 5.16 Å². The molecule has 2 aromatic carbocycles. The second kappa shape index (κ2) is 10.4. The molecule has 4 aromatic rings. The number of pyridine rings is 1. The van der Waals surface area contributed by atoms with Gasteiger partial charge in [0.25, 0.3) is 0 Å². The van der Waals surface area contributed by atoms with Gasteiger partial charge in [0.15, 0.2) is 5.43 Å². The van der Waals surface area contributed by atoms with Crippen molar-refractivity contribution in [3.05, 3.63) is 80.9 Å². The van der Waals surface area contributed by atoms with Gasteiger partial charge in [0, 0.05) is 41.4 Å². The molecule has 8 nitrogen and oxygen atoms in total. The molecule has 1 fully saturated rings. The highest BCUT2D eigenvalue weighted by Gasteiger charge is 2.30. The van der Waals surface area contributed by atoms with Crippen molar-refractivity contribution in [3.63, 3.8) is 0 Å². The van der Waals surface area contributed by atoms with Gasteiger partial charge in [-0.2, -0.15) is 0 Å². The first kappa shape index (κ1) is 26.1. The Labute approximate surface area is 231 Å². The number of aromatic nitrogens is 1. The number of oxime groups is 1. The number of fused-ring (bicyclic) bond motifs is 2. The molecule has 204 valence electrons. The number of aryl methyl sites for hydroxylation is 1. The van der Waals surface area contributed by atoms with Crippen LogP contribution in [0, 0.1) is 19.7 Å². The van der Waals surface area contributed by atoms with Crippen molar-refractivity contribution < 1.29 is 18.6 Å². The summed E-state index contributed by atoms with van der Waals surface area (Å²) in [5.41, 5.74) is 5.19. The maximum Gasteiger partial charge on any atom is 0.586 e. The monoisotopic (exact) mass is 540 g/mol. The minimum absolute atomic E-state index is 0.0154. The summed E-state index contributed by atoms with van der Waals surface area (Å²) in [5, 5.41) is 17.8. The van der Waals surface area contributed by atoms with Crippen LogP contribution in [0.25, 0.3) is 22.2 Å². The molecule has 0 saturated carbocycles. The van der Waals surface area contributed by atoms with Gasteiger partial charge in [-0.25, -0.2) is 4.39 Å². The van der Waals surface area contributed by atoms with Crippen LogP contribution in [0.15, 0.2) is 57.0 Å². The third-order valence-electron chi connectivity index (χ3n) is 7.69. The minimum atomic E-state index is -1.46. The quantitative estimate of drug-likeness (QED) is 0.350. The zero-order valence-electron chi connectivity index (χ0n) is 22.7. The van der Waals surface area contributed by atoms with Gasteiger partial charge in [0.1, 0.15) is 11.4 Å². The average Bonchev–Trinajstić information content (AvgIpc) is 2.95. The van der Waals surface area contributed by atoms with Crippen LogP contribution in [0.1, 0.15) is 54.5 Å². The number of hydrogen-bond donors (Lipinski definition) is 2. The average molecular weight is 540 g/mol. The Morgan fingerprint density at radius 3 is 2.75 bits per heavy atom. The summed E-state index contributed by atoms with van der Waals surface area (Å²) in [7, 11) is -1.46. The normalized spacial score (nSPS) is 15.6. The number of anilines is 2. The number of nitrogens with zero attached hydrogens (tertiary/aromatic N) is 3. The highest BCUT2D eigenvalue weighted by molar-refractivity contribution is 6.62. The fourth-order valence-corrected chi connectivity index (χ4v) is 5.68. The molecule has 0 radical (unpaired) electrons. The Morgan fingerprint density at radius 1 is 1.15 bits per heavy atom. The summed E-state index contributed by atoms with van der Waals surface area (Å²) in [4.78, 5) is 20.2. The molecule has 40 heavy (non-hydrogen) atoms. The Hall–Kier alpha value is -4.18. The fraction of sp³-hybridized carbons (Fsp3) is 0.300. The van der Waals surface area contributed by atoms with E-state index in [1.54, 1.807) is 18.3 Å². The maximum absolute atomic E-state index is 15.0. The molecule has 2 N–H and O–H groups in total. The fourth-order valence-electron chi connectivity index (χ4n) is 5.68. The Kier molecular flexibility index (Phi) is 6.79. The molecule has 10 heteroatoms. The van der Waals surface area contributed by atoms with Crippen LogP contribution < -0.4 is 21.1 Å². The first-order chi connectivity index (χ1) is 19.3.